The van der Waals surface area contributed by atoms with Crippen LogP contribution < -0.4 is 5.32 Å². The Labute approximate surface area is 120 Å². The van der Waals surface area contributed by atoms with Gasteiger partial charge < -0.3 is 15.1 Å². The van der Waals surface area contributed by atoms with Gasteiger partial charge in [-0.2, -0.15) is 0 Å². The van der Waals surface area contributed by atoms with E-state index in [1.807, 2.05) is 0 Å². The van der Waals surface area contributed by atoms with Gasteiger partial charge in [-0.1, -0.05) is 20.3 Å². The molecule has 1 saturated carbocycles. The molecule has 19 heavy (non-hydrogen) atoms. The Kier molecular flexibility index (Phi) is 7.96. The van der Waals surface area contributed by atoms with Crippen molar-refractivity contribution in [2.45, 2.75) is 45.6 Å². The van der Waals surface area contributed by atoms with Gasteiger partial charge in [-0.25, -0.2) is 0 Å². The van der Waals surface area contributed by atoms with E-state index < -0.39 is 0 Å². The Hall–Kier alpha value is -0.120. The number of nitrogens with one attached hydrogen (secondary N) is 1. The van der Waals surface area contributed by atoms with Gasteiger partial charge in [0.2, 0.25) is 0 Å². The van der Waals surface area contributed by atoms with Crippen LogP contribution in [0.4, 0.5) is 0 Å². The summed E-state index contributed by atoms with van der Waals surface area (Å²) in [6.07, 6.45) is 5.58. The van der Waals surface area contributed by atoms with E-state index in [0.29, 0.717) is 0 Å². The third-order valence-corrected chi connectivity index (χ3v) is 4.33. The first-order chi connectivity index (χ1) is 9.02. The van der Waals surface area contributed by atoms with Gasteiger partial charge in [0.15, 0.2) is 0 Å². The third-order valence-electron chi connectivity index (χ3n) is 4.33. The second-order valence-electron chi connectivity index (χ2n) is 6.87. The minimum Gasteiger partial charge on any atom is -0.317 e. The van der Waals surface area contributed by atoms with Crippen LogP contribution in [-0.2, 0) is 0 Å². The summed E-state index contributed by atoms with van der Waals surface area (Å²) in [6, 6.07) is 0.773. The van der Waals surface area contributed by atoms with Crippen molar-refractivity contribution in [3.63, 3.8) is 0 Å². The van der Waals surface area contributed by atoms with Gasteiger partial charge in [-0.05, 0) is 58.8 Å². The van der Waals surface area contributed by atoms with E-state index >= 15 is 0 Å². The number of nitrogens with zero attached hydrogens (tertiary/aromatic N) is 2. The van der Waals surface area contributed by atoms with Crippen molar-refractivity contribution in [2.75, 3.05) is 47.3 Å². The molecule has 0 bridgehead atoms. The van der Waals surface area contributed by atoms with Gasteiger partial charge >= 0.3 is 0 Å². The van der Waals surface area contributed by atoms with Crippen molar-refractivity contribution in [2.24, 2.45) is 11.8 Å². The first-order valence-electron chi connectivity index (χ1n) is 8.07. The molecule has 0 heterocycles. The molecular formula is C16H35N3. The molecule has 1 aliphatic carbocycles. The molecule has 3 heteroatoms. The van der Waals surface area contributed by atoms with Crippen molar-refractivity contribution in [1.29, 1.82) is 0 Å². The summed E-state index contributed by atoms with van der Waals surface area (Å²) < 4.78 is 0. The van der Waals surface area contributed by atoms with Crippen LogP contribution in [0.2, 0.25) is 0 Å². The molecule has 3 nitrogen and oxygen atoms in total. The maximum Gasteiger partial charge on any atom is 0.0109 e. The highest BCUT2D eigenvalue weighted by atomic mass is 15.2. The maximum absolute atomic E-state index is 3.50. The van der Waals surface area contributed by atoms with Crippen molar-refractivity contribution >= 4 is 0 Å². The molecule has 0 aromatic heterocycles. The first-order valence-corrected chi connectivity index (χ1v) is 8.07. The molecular weight excluding hydrogens is 234 g/mol. The standard InChI is InChI=1S/C16H35N3/c1-14(2)13-19(12-11-18(4)5)10-9-15-7-6-8-16(15)17-3/h14-17H,6-13H2,1-5H3. The summed E-state index contributed by atoms with van der Waals surface area (Å²) in [4.78, 5) is 4.95. The highest BCUT2D eigenvalue weighted by Crippen LogP contribution is 2.28. The molecule has 1 aliphatic rings. The lowest BCUT2D eigenvalue weighted by molar-refractivity contribution is 0.201. The zero-order chi connectivity index (χ0) is 14.3. The zero-order valence-corrected chi connectivity index (χ0v) is 13.8. The molecule has 0 radical (unpaired) electrons. The Morgan fingerprint density at radius 1 is 1.11 bits per heavy atom. The molecule has 0 aromatic carbocycles. The van der Waals surface area contributed by atoms with Crippen molar-refractivity contribution in [1.82, 2.24) is 15.1 Å². The predicted molar refractivity (Wildman–Crippen MR) is 84.6 cm³/mol. The molecule has 2 atom stereocenters. The number of hydrogen-bond acceptors (Lipinski definition) is 3. The van der Waals surface area contributed by atoms with E-state index in [9.17, 15) is 0 Å². The van der Waals surface area contributed by atoms with Crippen LogP contribution in [0.1, 0.15) is 39.5 Å². The quantitative estimate of drug-likeness (QED) is 0.693. The van der Waals surface area contributed by atoms with Gasteiger partial charge in [-0.3, -0.25) is 0 Å². The van der Waals surface area contributed by atoms with Gasteiger partial charge in [0.05, 0.1) is 0 Å². The predicted octanol–water partition coefficient (Wildman–Crippen LogP) is 2.28. The highest BCUT2D eigenvalue weighted by molar-refractivity contribution is 4.82. The number of likely N-dealkylation sites (N-methyl/N-ethyl adjacent to an activating group) is 1. The van der Waals surface area contributed by atoms with Crippen molar-refractivity contribution in [3.05, 3.63) is 0 Å². The van der Waals surface area contributed by atoms with Gasteiger partial charge in [-0.15, -0.1) is 0 Å². The van der Waals surface area contributed by atoms with Gasteiger partial charge in [0.1, 0.15) is 0 Å². The van der Waals surface area contributed by atoms with Crippen LogP contribution in [0.5, 0.6) is 0 Å². The number of rotatable bonds is 9. The lowest BCUT2D eigenvalue weighted by Crippen LogP contribution is -2.37. The van der Waals surface area contributed by atoms with E-state index in [2.05, 4.69) is 50.1 Å². The summed E-state index contributed by atoms with van der Waals surface area (Å²) in [5.41, 5.74) is 0. The molecule has 1 fully saturated rings. The van der Waals surface area contributed by atoms with E-state index in [4.69, 9.17) is 0 Å². The fraction of sp³-hybridized carbons (Fsp3) is 1.00. The van der Waals surface area contributed by atoms with Crippen LogP contribution in [-0.4, -0.2) is 63.2 Å². The van der Waals surface area contributed by atoms with E-state index in [0.717, 1.165) is 17.9 Å². The fourth-order valence-corrected chi connectivity index (χ4v) is 3.26. The summed E-state index contributed by atoms with van der Waals surface area (Å²) >= 11 is 0. The molecule has 0 aliphatic heterocycles. The molecule has 2 unspecified atom stereocenters. The fourth-order valence-electron chi connectivity index (χ4n) is 3.26. The largest absolute Gasteiger partial charge is 0.317 e. The average Bonchev–Trinajstić information content (AvgIpc) is 2.79. The maximum atomic E-state index is 3.50. The summed E-state index contributed by atoms with van der Waals surface area (Å²) in [6.45, 7) is 9.55. The zero-order valence-electron chi connectivity index (χ0n) is 13.8. The Bertz CT molecular complexity index is 228. The lowest BCUT2D eigenvalue weighted by atomic mass is 9.99. The van der Waals surface area contributed by atoms with Gasteiger partial charge in [0, 0.05) is 25.7 Å². The first kappa shape index (κ1) is 16.9. The molecule has 0 amide bonds. The molecule has 0 spiro atoms. The molecule has 0 aromatic rings. The smallest absolute Gasteiger partial charge is 0.0109 e. The second kappa shape index (κ2) is 8.93. The molecule has 0 saturated heterocycles. The van der Waals surface area contributed by atoms with Crippen LogP contribution in [0.3, 0.4) is 0 Å². The summed E-state index contributed by atoms with van der Waals surface area (Å²) in [5, 5.41) is 3.50. The van der Waals surface area contributed by atoms with Crippen LogP contribution in [0, 0.1) is 11.8 Å². The van der Waals surface area contributed by atoms with Crippen molar-refractivity contribution < 1.29 is 0 Å². The molecule has 1 N–H and O–H groups in total. The summed E-state index contributed by atoms with van der Waals surface area (Å²) in [7, 11) is 6.46. The van der Waals surface area contributed by atoms with Crippen LogP contribution >= 0.6 is 0 Å². The Morgan fingerprint density at radius 2 is 1.84 bits per heavy atom. The second-order valence-corrected chi connectivity index (χ2v) is 6.87. The van der Waals surface area contributed by atoms with Crippen LogP contribution in [0.15, 0.2) is 0 Å². The average molecular weight is 269 g/mol. The van der Waals surface area contributed by atoms with E-state index in [1.165, 1.54) is 51.9 Å². The van der Waals surface area contributed by atoms with Crippen LogP contribution in [0.25, 0.3) is 0 Å². The monoisotopic (exact) mass is 269 g/mol. The van der Waals surface area contributed by atoms with Crippen molar-refractivity contribution in [3.8, 4) is 0 Å². The number of hydrogen-bond donors (Lipinski definition) is 1. The topological polar surface area (TPSA) is 18.5 Å². The SMILES string of the molecule is CNC1CCCC1CCN(CCN(C)C)CC(C)C. The molecule has 1 rings (SSSR count). The molecule has 114 valence electrons. The van der Waals surface area contributed by atoms with Gasteiger partial charge in [0.25, 0.3) is 0 Å². The summed E-state index contributed by atoms with van der Waals surface area (Å²) in [5.74, 6) is 1.67. The minimum atomic E-state index is 0.769. The third kappa shape index (κ3) is 6.73. The Morgan fingerprint density at radius 3 is 2.42 bits per heavy atom. The normalized spacial score (nSPS) is 24.0. The van der Waals surface area contributed by atoms with E-state index in [1.54, 1.807) is 0 Å². The minimum absolute atomic E-state index is 0.769. The Balaban J connectivity index is 2.34. The lowest BCUT2D eigenvalue weighted by Gasteiger charge is -2.28. The van der Waals surface area contributed by atoms with E-state index in [-0.39, 0.29) is 0 Å². The highest BCUT2D eigenvalue weighted by Gasteiger charge is 2.25.